The van der Waals surface area contributed by atoms with Crippen LogP contribution in [0.2, 0.25) is 0 Å². The predicted molar refractivity (Wildman–Crippen MR) is 138 cm³/mol. The molecule has 200 valence electrons. The van der Waals surface area contributed by atoms with Crippen molar-refractivity contribution in [3.05, 3.63) is 51.9 Å². The Morgan fingerprint density at radius 1 is 1.14 bits per heavy atom. The molecule has 1 aromatic heterocycles. The number of esters is 1. The van der Waals surface area contributed by atoms with Crippen LogP contribution in [0.1, 0.15) is 52.3 Å². The molecule has 1 amide bonds. The van der Waals surface area contributed by atoms with Crippen molar-refractivity contribution >= 4 is 23.4 Å². The number of methoxy groups -OCH3 is 2. The lowest BCUT2D eigenvalue weighted by Gasteiger charge is -2.26. The number of aromatic nitrogens is 1. The molecule has 37 heavy (non-hydrogen) atoms. The van der Waals surface area contributed by atoms with Crippen molar-refractivity contribution in [2.75, 3.05) is 48.0 Å². The summed E-state index contributed by atoms with van der Waals surface area (Å²) in [6.07, 6.45) is 0.624. The molecule has 0 spiro atoms. The number of aliphatic hydroxyl groups is 1. The van der Waals surface area contributed by atoms with Gasteiger partial charge >= 0.3 is 5.97 Å². The Bertz CT molecular complexity index is 1230. The molecule has 1 aliphatic heterocycles. The molecule has 3 rings (SSSR count). The Kier molecular flexibility index (Phi) is 8.65. The SMILES string of the molecule is CCOC(=O)c1[nH]c(C)c(C(O)=C2C(=O)C(=O)N(CCCN(C)C)[C@@H]2c2ccc(OC)c(OC)c2)c1C. The number of aryl methyl sites for hydroxylation is 1. The van der Waals surface area contributed by atoms with Crippen LogP contribution in [-0.4, -0.2) is 85.6 Å². The third kappa shape index (κ3) is 5.34. The van der Waals surface area contributed by atoms with Gasteiger partial charge in [0, 0.05) is 17.8 Å². The minimum absolute atomic E-state index is 0.0531. The zero-order valence-corrected chi connectivity index (χ0v) is 22.4. The van der Waals surface area contributed by atoms with E-state index in [2.05, 4.69) is 4.98 Å². The fourth-order valence-electron chi connectivity index (χ4n) is 4.68. The third-order valence-corrected chi connectivity index (χ3v) is 6.42. The molecule has 1 atom stereocenters. The van der Waals surface area contributed by atoms with E-state index in [9.17, 15) is 19.5 Å². The number of amides is 1. The number of aliphatic hydroxyl groups excluding tert-OH is 1. The molecule has 0 aliphatic carbocycles. The Labute approximate surface area is 216 Å². The van der Waals surface area contributed by atoms with E-state index in [0.29, 0.717) is 53.4 Å². The van der Waals surface area contributed by atoms with Gasteiger partial charge in [0.15, 0.2) is 11.5 Å². The number of ether oxygens (including phenoxy) is 3. The molecule has 2 aromatic rings. The van der Waals surface area contributed by atoms with Gasteiger partial charge in [0.2, 0.25) is 0 Å². The van der Waals surface area contributed by atoms with Crippen LogP contribution >= 0.6 is 0 Å². The van der Waals surface area contributed by atoms with E-state index in [1.165, 1.54) is 19.1 Å². The van der Waals surface area contributed by atoms with Gasteiger partial charge < -0.3 is 34.1 Å². The van der Waals surface area contributed by atoms with Crippen LogP contribution in [-0.2, 0) is 14.3 Å². The molecule has 2 N–H and O–H groups in total. The lowest BCUT2D eigenvalue weighted by atomic mass is 9.93. The molecule has 1 aliphatic rings. The molecule has 10 nitrogen and oxygen atoms in total. The topological polar surface area (TPSA) is 121 Å². The summed E-state index contributed by atoms with van der Waals surface area (Å²) >= 11 is 0. The standard InChI is InChI=1S/C27H35N3O7/c1-8-37-27(34)22-15(2)20(16(3)28-22)24(31)21-23(17-10-11-18(35-6)19(14-17)36-7)30(26(33)25(21)32)13-9-12-29(4)5/h10-11,14,23,28,31H,8-9,12-13H2,1-7H3/t23-/m1/s1. The summed E-state index contributed by atoms with van der Waals surface area (Å²) in [6.45, 7) is 6.24. The van der Waals surface area contributed by atoms with Crippen LogP contribution < -0.4 is 9.47 Å². The van der Waals surface area contributed by atoms with E-state index in [1.54, 1.807) is 39.0 Å². The first kappa shape index (κ1) is 27.8. The number of aromatic amines is 1. The van der Waals surface area contributed by atoms with Crippen molar-refractivity contribution < 1.29 is 33.7 Å². The fraction of sp³-hybridized carbons (Fsp3) is 0.444. The van der Waals surface area contributed by atoms with Crippen molar-refractivity contribution in [3.63, 3.8) is 0 Å². The molecule has 0 bridgehead atoms. The normalized spacial score (nSPS) is 17.0. The highest BCUT2D eigenvalue weighted by Crippen LogP contribution is 2.43. The second-order valence-corrected chi connectivity index (χ2v) is 9.11. The van der Waals surface area contributed by atoms with Crippen LogP contribution in [0.4, 0.5) is 0 Å². The zero-order chi connectivity index (χ0) is 27.4. The average Bonchev–Trinajstić information content (AvgIpc) is 3.30. The summed E-state index contributed by atoms with van der Waals surface area (Å²) < 4.78 is 15.9. The summed E-state index contributed by atoms with van der Waals surface area (Å²) in [5.74, 6) is -1.49. The molecule has 1 aromatic carbocycles. The molecule has 1 fully saturated rings. The number of likely N-dealkylation sites (tertiary alicyclic amines) is 1. The maximum Gasteiger partial charge on any atom is 0.355 e. The number of carbonyl (C=O) groups is 3. The Morgan fingerprint density at radius 2 is 1.81 bits per heavy atom. The Morgan fingerprint density at radius 3 is 2.41 bits per heavy atom. The van der Waals surface area contributed by atoms with Crippen molar-refractivity contribution in [2.24, 2.45) is 0 Å². The average molecular weight is 514 g/mol. The van der Waals surface area contributed by atoms with Crippen molar-refractivity contribution in [3.8, 4) is 11.5 Å². The number of hydrogen-bond acceptors (Lipinski definition) is 8. The largest absolute Gasteiger partial charge is 0.507 e. The second kappa shape index (κ2) is 11.5. The van der Waals surface area contributed by atoms with Gasteiger partial charge in [-0.15, -0.1) is 0 Å². The number of H-pyrrole nitrogens is 1. The maximum atomic E-state index is 13.4. The van der Waals surface area contributed by atoms with E-state index in [4.69, 9.17) is 14.2 Å². The van der Waals surface area contributed by atoms with E-state index >= 15 is 0 Å². The minimum Gasteiger partial charge on any atom is -0.507 e. The first-order chi connectivity index (χ1) is 17.6. The first-order valence-corrected chi connectivity index (χ1v) is 12.1. The number of ketones is 1. The molecular weight excluding hydrogens is 478 g/mol. The lowest BCUT2D eigenvalue weighted by molar-refractivity contribution is -0.139. The number of hydrogen-bond donors (Lipinski definition) is 2. The molecule has 0 unspecified atom stereocenters. The number of nitrogens with zero attached hydrogens (tertiary/aromatic N) is 2. The Balaban J connectivity index is 2.21. The van der Waals surface area contributed by atoms with Gasteiger partial charge in [0.05, 0.1) is 32.4 Å². The summed E-state index contributed by atoms with van der Waals surface area (Å²) in [6, 6.07) is 4.27. The van der Waals surface area contributed by atoms with Gasteiger partial charge in [-0.1, -0.05) is 6.07 Å². The van der Waals surface area contributed by atoms with Crippen LogP contribution in [0, 0.1) is 13.8 Å². The Hall–Kier alpha value is -3.79. The van der Waals surface area contributed by atoms with E-state index < -0.39 is 23.7 Å². The van der Waals surface area contributed by atoms with E-state index in [-0.39, 0.29) is 23.6 Å². The van der Waals surface area contributed by atoms with Crippen LogP contribution in [0.3, 0.4) is 0 Å². The molecule has 0 radical (unpaired) electrons. The number of benzene rings is 1. The van der Waals surface area contributed by atoms with Crippen LogP contribution in [0.5, 0.6) is 11.5 Å². The summed E-state index contributed by atoms with van der Waals surface area (Å²) in [5, 5.41) is 11.5. The third-order valence-electron chi connectivity index (χ3n) is 6.42. The number of nitrogens with one attached hydrogen (secondary N) is 1. The molecule has 2 heterocycles. The highest BCUT2D eigenvalue weighted by Gasteiger charge is 2.46. The fourth-order valence-corrected chi connectivity index (χ4v) is 4.68. The smallest absolute Gasteiger partial charge is 0.355 e. The number of rotatable bonds is 10. The summed E-state index contributed by atoms with van der Waals surface area (Å²) in [5.41, 5.74) is 1.91. The van der Waals surface area contributed by atoms with Gasteiger partial charge in [-0.05, 0) is 71.1 Å². The van der Waals surface area contributed by atoms with Gasteiger partial charge in [0.25, 0.3) is 11.7 Å². The first-order valence-electron chi connectivity index (χ1n) is 12.1. The monoisotopic (exact) mass is 513 g/mol. The summed E-state index contributed by atoms with van der Waals surface area (Å²) in [7, 11) is 6.87. The van der Waals surface area contributed by atoms with Crippen molar-refractivity contribution in [1.82, 2.24) is 14.8 Å². The lowest BCUT2D eigenvalue weighted by Crippen LogP contribution is -2.32. The van der Waals surface area contributed by atoms with Crippen LogP contribution in [0.25, 0.3) is 5.76 Å². The highest BCUT2D eigenvalue weighted by molar-refractivity contribution is 6.46. The van der Waals surface area contributed by atoms with Crippen molar-refractivity contribution in [2.45, 2.75) is 33.2 Å². The van der Waals surface area contributed by atoms with Gasteiger partial charge in [-0.2, -0.15) is 0 Å². The van der Waals surface area contributed by atoms with Gasteiger partial charge in [-0.25, -0.2) is 4.79 Å². The molecule has 1 saturated heterocycles. The van der Waals surface area contributed by atoms with Crippen LogP contribution in [0.15, 0.2) is 23.8 Å². The summed E-state index contributed by atoms with van der Waals surface area (Å²) in [4.78, 5) is 45.5. The number of Topliss-reactive ketones (excluding diaryl/α,β-unsaturated/α-hetero) is 1. The molecule has 10 heteroatoms. The second-order valence-electron chi connectivity index (χ2n) is 9.11. The quantitative estimate of drug-likeness (QED) is 0.215. The number of carbonyl (C=O) groups excluding carboxylic acids is 3. The van der Waals surface area contributed by atoms with Gasteiger partial charge in [0.1, 0.15) is 11.5 Å². The molecule has 0 saturated carbocycles. The van der Waals surface area contributed by atoms with E-state index in [1.807, 2.05) is 19.0 Å². The van der Waals surface area contributed by atoms with Crippen molar-refractivity contribution in [1.29, 1.82) is 0 Å². The van der Waals surface area contributed by atoms with Gasteiger partial charge in [-0.3, -0.25) is 9.59 Å². The minimum atomic E-state index is -0.860. The maximum absolute atomic E-state index is 13.4. The highest BCUT2D eigenvalue weighted by atomic mass is 16.5. The zero-order valence-electron chi connectivity index (χ0n) is 22.4. The van der Waals surface area contributed by atoms with E-state index in [0.717, 1.165) is 0 Å². The molecular formula is C27H35N3O7. The predicted octanol–water partition coefficient (Wildman–Crippen LogP) is 3.20.